The van der Waals surface area contributed by atoms with Crippen LogP contribution in [0, 0.1) is 10.1 Å². The largest absolute Gasteiger partial charge is 0.326 e. The van der Waals surface area contributed by atoms with E-state index in [4.69, 9.17) is 0 Å². The van der Waals surface area contributed by atoms with Crippen molar-refractivity contribution in [3.05, 3.63) is 69.8 Å². The van der Waals surface area contributed by atoms with Crippen LogP contribution in [-0.4, -0.2) is 41.1 Å². The third-order valence-corrected chi connectivity index (χ3v) is 6.06. The van der Waals surface area contributed by atoms with E-state index in [0.717, 1.165) is 51.0 Å². The molecule has 1 heterocycles. The van der Waals surface area contributed by atoms with Crippen molar-refractivity contribution in [2.75, 3.05) is 25.0 Å². The van der Waals surface area contributed by atoms with Crippen molar-refractivity contribution in [2.45, 2.75) is 51.4 Å². The lowest BCUT2D eigenvalue weighted by molar-refractivity contribution is -0.384. The highest BCUT2D eigenvalue weighted by Crippen LogP contribution is 2.29. The Morgan fingerprint density at radius 3 is 2.56 bits per heavy atom. The number of unbranched alkanes of at least 4 members (excludes halogenated alkanes) is 1. The van der Waals surface area contributed by atoms with E-state index in [9.17, 15) is 19.7 Å². The molecule has 1 amide bonds. The number of nitrogens with one attached hydrogen (secondary N) is 1. The number of hydrogen-bond acceptors (Lipinski definition) is 5. The van der Waals surface area contributed by atoms with Crippen molar-refractivity contribution < 1.29 is 14.5 Å². The fraction of sp³-hybridized carbons (Fsp3) is 0.440. The maximum Gasteiger partial charge on any atom is 0.270 e. The van der Waals surface area contributed by atoms with Gasteiger partial charge in [-0.2, -0.15) is 0 Å². The molecule has 7 heteroatoms. The number of piperidine rings is 1. The molecule has 1 saturated heterocycles. The molecule has 0 unspecified atom stereocenters. The summed E-state index contributed by atoms with van der Waals surface area (Å²) in [6.07, 6.45) is 4.76. The molecule has 0 bridgehead atoms. The second-order valence-corrected chi connectivity index (χ2v) is 8.33. The summed E-state index contributed by atoms with van der Waals surface area (Å²) in [4.78, 5) is 36.8. The van der Waals surface area contributed by atoms with Gasteiger partial charge in [-0.15, -0.1) is 0 Å². The van der Waals surface area contributed by atoms with Crippen molar-refractivity contribution in [2.24, 2.45) is 0 Å². The van der Waals surface area contributed by atoms with Crippen LogP contribution in [-0.2, 0) is 4.79 Å². The van der Waals surface area contributed by atoms with E-state index in [2.05, 4.69) is 22.3 Å². The second-order valence-electron chi connectivity index (χ2n) is 8.33. The van der Waals surface area contributed by atoms with Gasteiger partial charge < -0.3 is 10.2 Å². The van der Waals surface area contributed by atoms with E-state index >= 15 is 0 Å². The smallest absolute Gasteiger partial charge is 0.270 e. The Labute approximate surface area is 189 Å². The highest BCUT2D eigenvalue weighted by Gasteiger charge is 2.21. The maximum atomic E-state index is 12.3. The number of rotatable bonds is 10. The molecule has 7 nitrogen and oxygen atoms in total. The standard InChI is InChI=1S/C25H31N3O4/c1-2-25(30)26-22-9-5-7-20(17-22)19-12-15-27(16-13-19)14-4-3-11-24(29)21-8-6-10-23(18-21)28(31)32/h5-10,17-19H,2-4,11-16H2,1H3,(H,26,30). The first-order valence-electron chi connectivity index (χ1n) is 11.4. The Balaban J connectivity index is 1.39. The number of anilines is 1. The normalized spacial score (nSPS) is 14.8. The zero-order valence-electron chi connectivity index (χ0n) is 18.6. The molecule has 3 rings (SSSR count). The predicted molar refractivity (Wildman–Crippen MR) is 125 cm³/mol. The first kappa shape index (κ1) is 23.6. The number of likely N-dealkylation sites (tertiary alicyclic amines) is 1. The minimum atomic E-state index is -0.474. The Bertz CT molecular complexity index is 952. The van der Waals surface area contributed by atoms with Crippen LogP contribution in [0.1, 0.15) is 67.3 Å². The van der Waals surface area contributed by atoms with Crippen molar-refractivity contribution in [3.8, 4) is 0 Å². The van der Waals surface area contributed by atoms with Crippen LogP contribution < -0.4 is 5.32 Å². The first-order chi connectivity index (χ1) is 15.5. The van der Waals surface area contributed by atoms with Gasteiger partial charge in [0.25, 0.3) is 5.69 Å². The Morgan fingerprint density at radius 2 is 1.84 bits per heavy atom. The molecular formula is C25H31N3O4. The van der Waals surface area contributed by atoms with Crippen molar-refractivity contribution in [3.63, 3.8) is 0 Å². The summed E-state index contributed by atoms with van der Waals surface area (Å²) in [5.41, 5.74) is 2.51. The molecule has 2 aromatic rings. The number of hydrogen-bond donors (Lipinski definition) is 1. The summed E-state index contributed by atoms with van der Waals surface area (Å²) in [6.45, 7) is 4.85. The lowest BCUT2D eigenvalue weighted by Crippen LogP contribution is -2.33. The predicted octanol–water partition coefficient (Wildman–Crippen LogP) is 5.18. The zero-order valence-corrected chi connectivity index (χ0v) is 18.6. The number of ketones is 1. The first-order valence-corrected chi connectivity index (χ1v) is 11.4. The van der Waals surface area contributed by atoms with Crippen LogP contribution in [0.3, 0.4) is 0 Å². The minimum Gasteiger partial charge on any atom is -0.326 e. The van der Waals surface area contributed by atoms with Crippen molar-refractivity contribution >= 4 is 23.1 Å². The van der Waals surface area contributed by atoms with E-state index in [1.165, 1.54) is 17.7 Å². The zero-order chi connectivity index (χ0) is 22.9. The van der Waals surface area contributed by atoms with Crippen LogP contribution in [0.2, 0.25) is 0 Å². The van der Waals surface area contributed by atoms with Crippen LogP contribution in [0.25, 0.3) is 0 Å². The third kappa shape index (κ3) is 6.72. The Kier molecular flexibility index (Phi) is 8.50. The van der Waals surface area contributed by atoms with E-state index in [0.29, 0.717) is 24.3 Å². The fourth-order valence-electron chi connectivity index (χ4n) is 4.17. The lowest BCUT2D eigenvalue weighted by Gasteiger charge is -2.32. The van der Waals surface area contributed by atoms with E-state index < -0.39 is 4.92 Å². The molecule has 0 saturated carbocycles. The molecule has 1 aliphatic rings. The molecule has 2 aromatic carbocycles. The van der Waals surface area contributed by atoms with Crippen LogP contribution >= 0.6 is 0 Å². The number of Topliss-reactive ketones (excluding diaryl/α,β-unsaturated/α-hetero) is 1. The monoisotopic (exact) mass is 437 g/mol. The van der Waals surface area contributed by atoms with Gasteiger partial charge in [-0.25, -0.2) is 0 Å². The summed E-state index contributed by atoms with van der Waals surface area (Å²) in [6, 6.07) is 14.1. The Morgan fingerprint density at radius 1 is 1.09 bits per heavy atom. The van der Waals surface area contributed by atoms with Crippen LogP contribution in [0.5, 0.6) is 0 Å². The van der Waals surface area contributed by atoms with Crippen molar-refractivity contribution in [1.82, 2.24) is 4.90 Å². The van der Waals surface area contributed by atoms with Gasteiger partial charge in [0.15, 0.2) is 5.78 Å². The number of nitro benzene ring substituents is 1. The van der Waals surface area contributed by atoms with E-state index in [1.54, 1.807) is 12.1 Å². The van der Waals surface area contributed by atoms with Gasteiger partial charge in [0.1, 0.15) is 0 Å². The molecule has 0 spiro atoms. The van der Waals surface area contributed by atoms with Gasteiger partial charge in [0, 0.05) is 36.2 Å². The van der Waals surface area contributed by atoms with Gasteiger partial charge in [0.2, 0.25) is 5.91 Å². The average Bonchev–Trinajstić information content (AvgIpc) is 2.82. The van der Waals surface area contributed by atoms with Gasteiger partial charge in [-0.05, 0) is 68.9 Å². The molecule has 1 aliphatic heterocycles. The van der Waals surface area contributed by atoms with E-state index in [-0.39, 0.29) is 17.4 Å². The number of nitrogens with zero attached hydrogens (tertiary/aromatic N) is 2. The number of nitro groups is 1. The van der Waals surface area contributed by atoms with Crippen molar-refractivity contribution in [1.29, 1.82) is 0 Å². The molecule has 0 aromatic heterocycles. The molecule has 170 valence electrons. The highest BCUT2D eigenvalue weighted by molar-refractivity contribution is 5.96. The summed E-state index contributed by atoms with van der Waals surface area (Å²) in [5, 5.41) is 13.8. The third-order valence-electron chi connectivity index (χ3n) is 6.06. The summed E-state index contributed by atoms with van der Waals surface area (Å²) in [7, 11) is 0. The molecular weight excluding hydrogens is 406 g/mol. The summed E-state index contributed by atoms with van der Waals surface area (Å²) in [5.74, 6) is 0.489. The molecule has 32 heavy (non-hydrogen) atoms. The number of amides is 1. The minimum absolute atomic E-state index is 0.0286. The van der Waals surface area contributed by atoms with Gasteiger partial charge in [0.05, 0.1) is 4.92 Å². The second kappa shape index (κ2) is 11.5. The summed E-state index contributed by atoms with van der Waals surface area (Å²) < 4.78 is 0. The fourth-order valence-corrected chi connectivity index (χ4v) is 4.17. The van der Waals surface area contributed by atoms with Crippen LogP contribution in [0.15, 0.2) is 48.5 Å². The molecule has 0 aliphatic carbocycles. The average molecular weight is 438 g/mol. The molecule has 0 radical (unpaired) electrons. The van der Waals surface area contributed by atoms with Gasteiger partial charge >= 0.3 is 0 Å². The SMILES string of the molecule is CCC(=O)Nc1cccc(C2CCN(CCCCC(=O)c3cccc([N+](=O)[O-])c3)CC2)c1. The number of carbonyl (C=O) groups is 2. The highest BCUT2D eigenvalue weighted by atomic mass is 16.6. The molecule has 0 atom stereocenters. The lowest BCUT2D eigenvalue weighted by atomic mass is 9.89. The number of non-ortho nitro benzene ring substituents is 1. The Hall–Kier alpha value is -3.06. The quantitative estimate of drug-likeness (QED) is 0.239. The molecule has 1 N–H and O–H groups in total. The maximum absolute atomic E-state index is 12.3. The van der Waals surface area contributed by atoms with E-state index in [1.807, 2.05) is 19.1 Å². The van der Waals surface area contributed by atoms with Gasteiger partial charge in [-0.3, -0.25) is 19.7 Å². The number of benzene rings is 2. The van der Waals surface area contributed by atoms with Crippen LogP contribution in [0.4, 0.5) is 11.4 Å². The summed E-state index contributed by atoms with van der Waals surface area (Å²) >= 11 is 0. The topological polar surface area (TPSA) is 92.6 Å². The molecule has 1 fully saturated rings. The van der Waals surface area contributed by atoms with Gasteiger partial charge in [-0.1, -0.05) is 31.2 Å². The number of carbonyl (C=O) groups excluding carboxylic acids is 2.